The molecule has 0 amide bonds. The summed E-state index contributed by atoms with van der Waals surface area (Å²) in [7, 11) is 0. The summed E-state index contributed by atoms with van der Waals surface area (Å²) in [6, 6.07) is 15.6. The maximum Gasteiger partial charge on any atom is 0.115 e. The first-order valence-electron chi connectivity index (χ1n) is 5.22. The number of benzene rings is 2. The normalized spacial score (nSPS) is 10.9. The van der Waals surface area contributed by atoms with E-state index in [1.54, 1.807) is 23.5 Å². The molecule has 0 saturated heterocycles. The second kappa shape index (κ2) is 4.17. The number of rotatable bonds is 1. The molecule has 0 aliphatic carbocycles. The number of phenols is 1. The van der Waals surface area contributed by atoms with Gasteiger partial charge in [0.25, 0.3) is 0 Å². The highest BCUT2D eigenvalue weighted by atomic mass is 79.9. The Balaban J connectivity index is 2.24. The van der Waals surface area contributed by atoms with Gasteiger partial charge < -0.3 is 5.11 Å². The molecule has 0 unspecified atom stereocenters. The van der Waals surface area contributed by atoms with Gasteiger partial charge in [-0.3, -0.25) is 0 Å². The first-order valence-corrected chi connectivity index (χ1v) is 6.83. The van der Waals surface area contributed by atoms with Gasteiger partial charge in [0.15, 0.2) is 0 Å². The van der Waals surface area contributed by atoms with Crippen LogP contribution in [0.4, 0.5) is 0 Å². The average Bonchev–Trinajstić information content (AvgIpc) is 2.69. The lowest BCUT2D eigenvalue weighted by Gasteiger charge is -1.98. The summed E-state index contributed by atoms with van der Waals surface area (Å²) in [5, 5.41) is 10.5. The zero-order valence-corrected chi connectivity index (χ0v) is 11.3. The minimum Gasteiger partial charge on any atom is -0.508 e. The van der Waals surface area contributed by atoms with Crippen molar-refractivity contribution in [2.45, 2.75) is 0 Å². The second-order valence-corrected chi connectivity index (χ2v) is 5.63. The lowest BCUT2D eigenvalue weighted by Crippen LogP contribution is -1.72. The van der Waals surface area contributed by atoms with Gasteiger partial charge in [0.05, 0.1) is 0 Å². The van der Waals surface area contributed by atoms with Crippen molar-refractivity contribution in [1.82, 2.24) is 0 Å². The fourth-order valence-electron chi connectivity index (χ4n) is 1.81. The predicted molar refractivity (Wildman–Crippen MR) is 76.6 cm³/mol. The third kappa shape index (κ3) is 1.85. The Morgan fingerprint density at radius 2 is 1.65 bits per heavy atom. The lowest BCUT2D eigenvalue weighted by molar-refractivity contribution is 0.475. The molecule has 0 aliphatic heterocycles. The van der Waals surface area contributed by atoms with Crippen LogP contribution >= 0.6 is 27.3 Å². The summed E-state index contributed by atoms with van der Waals surface area (Å²) in [5.74, 6) is 0.297. The second-order valence-electron chi connectivity index (χ2n) is 3.79. The van der Waals surface area contributed by atoms with Gasteiger partial charge in [0, 0.05) is 19.4 Å². The van der Waals surface area contributed by atoms with Crippen LogP contribution in [0.3, 0.4) is 0 Å². The molecule has 84 valence electrons. The van der Waals surface area contributed by atoms with Gasteiger partial charge in [-0.25, -0.2) is 0 Å². The molecule has 0 fully saturated rings. The minimum absolute atomic E-state index is 0.297. The Bertz CT molecular complexity index is 670. The van der Waals surface area contributed by atoms with E-state index in [0.717, 1.165) is 10.0 Å². The van der Waals surface area contributed by atoms with E-state index < -0.39 is 0 Å². The summed E-state index contributed by atoms with van der Waals surface area (Å²) in [4.78, 5) is 1.20. The van der Waals surface area contributed by atoms with Crippen LogP contribution in [0.2, 0.25) is 0 Å². The highest BCUT2D eigenvalue weighted by Crippen LogP contribution is 2.42. The van der Waals surface area contributed by atoms with Gasteiger partial charge in [0.2, 0.25) is 0 Å². The summed E-state index contributed by atoms with van der Waals surface area (Å²) >= 11 is 5.41. The molecule has 3 rings (SSSR count). The molecule has 0 aliphatic rings. The molecule has 3 heteroatoms. The van der Waals surface area contributed by atoms with Crippen molar-refractivity contribution in [3.8, 4) is 16.2 Å². The van der Waals surface area contributed by atoms with Crippen LogP contribution in [0.15, 0.2) is 53.0 Å². The Hall–Kier alpha value is -1.32. The Labute approximate surface area is 111 Å². The SMILES string of the molecule is Oc1ccc(-c2sc3ccccc3c2Br)cc1. The zero-order valence-electron chi connectivity index (χ0n) is 8.85. The van der Waals surface area contributed by atoms with E-state index in [4.69, 9.17) is 0 Å². The third-order valence-corrected chi connectivity index (χ3v) is 4.97. The van der Waals surface area contributed by atoms with Crippen molar-refractivity contribution < 1.29 is 5.11 Å². The molecular weight excluding hydrogens is 296 g/mol. The van der Waals surface area contributed by atoms with E-state index in [1.807, 2.05) is 24.3 Å². The summed E-state index contributed by atoms with van der Waals surface area (Å²) < 4.78 is 2.39. The molecule has 0 spiro atoms. The van der Waals surface area contributed by atoms with Gasteiger partial charge in [0.1, 0.15) is 5.75 Å². The number of phenolic OH excluding ortho intramolecular Hbond substituents is 1. The summed E-state index contributed by atoms with van der Waals surface area (Å²) in [6.45, 7) is 0. The highest BCUT2D eigenvalue weighted by molar-refractivity contribution is 9.10. The molecule has 0 saturated carbocycles. The van der Waals surface area contributed by atoms with Gasteiger partial charge >= 0.3 is 0 Å². The van der Waals surface area contributed by atoms with E-state index in [-0.39, 0.29) is 0 Å². The number of halogens is 1. The summed E-state index contributed by atoms with van der Waals surface area (Å²) in [6.07, 6.45) is 0. The van der Waals surface area contributed by atoms with Crippen LogP contribution < -0.4 is 0 Å². The fraction of sp³-hybridized carbons (Fsp3) is 0. The Kier molecular flexibility index (Phi) is 2.65. The molecule has 1 aromatic heterocycles. The van der Waals surface area contributed by atoms with Gasteiger partial charge in [-0.15, -0.1) is 11.3 Å². The topological polar surface area (TPSA) is 20.2 Å². The fourth-order valence-corrected chi connectivity index (χ4v) is 3.86. The van der Waals surface area contributed by atoms with Gasteiger partial charge in [-0.05, 0) is 51.8 Å². The number of aromatic hydroxyl groups is 1. The molecule has 17 heavy (non-hydrogen) atoms. The van der Waals surface area contributed by atoms with Crippen LogP contribution in [-0.2, 0) is 0 Å². The molecule has 1 heterocycles. The van der Waals surface area contributed by atoms with E-state index in [9.17, 15) is 5.11 Å². The van der Waals surface area contributed by atoms with E-state index in [1.165, 1.54) is 15.0 Å². The number of hydrogen-bond acceptors (Lipinski definition) is 2. The zero-order chi connectivity index (χ0) is 11.8. The van der Waals surface area contributed by atoms with Crippen LogP contribution in [0.25, 0.3) is 20.5 Å². The lowest BCUT2D eigenvalue weighted by atomic mass is 10.1. The smallest absolute Gasteiger partial charge is 0.115 e. The van der Waals surface area contributed by atoms with Crippen molar-refractivity contribution in [3.05, 3.63) is 53.0 Å². The summed E-state index contributed by atoms with van der Waals surface area (Å²) in [5.41, 5.74) is 1.12. The molecular formula is C14H9BrOS. The van der Waals surface area contributed by atoms with E-state index in [2.05, 4.69) is 28.1 Å². The minimum atomic E-state index is 0.297. The van der Waals surface area contributed by atoms with Crippen molar-refractivity contribution >= 4 is 37.4 Å². The number of fused-ring (bicyclic) bond motifs is 1. The van der Waals surface area contributed by atoms with Gasteiger partial charge in [-0.2, -0.15) is 0 Å². The van der Waals surface area contributed by atoms with Crippen LogP contribution in [0.5, 0.6) is 5.75 Å². The monoisotopic (exact) mass is 304 g/mol. The Morgan fingerprint density at radius 3 is 2.35 bits per heavy atom. The first-order chi connectivity index (χ1) is 8.25. The standard InChI is InChI=1S/C14H9BrOS/c15-13-11-3-1-2-4-12(11)17-14(13)9-5-7-10(16)8-6-9/h1-8,16H. The largest absolute Gasteiger partial charge is 0.508 e. The van der Waals surface area contributed by atoms with Gasteiger partial charge in [-0.1, -0.05) is 18.2 Å². The molecule has 0 atom stereocenters. The third-order valence-electron chi connectivity index (χ3n) is 2.66. The quantitative estimate of drug-likeness (QED) is 0.668. The maximum absolute atomic E-state index is 9.30. The first kappa shape index (κ1) is 10.8. The van der Waals surface area contributed by atoms with Crippen LogP contribution in [-0.4, -0.2) is 5.11 Å². The molecule has 1 N–H and O–H groups in total. The van der Waals surface area contributed by atoms with E-state index in [0.29, 0.717) is 5.75 Å². The van der Waals surface area contributed by atoms with Crippen LogP contribution in [0.1, 0.15) is 0 Å². The van der Waals surface area contributed by atoms with Crippen molar-refractivity contribution in [3.63, 3.8) is 0 Å². The number of hydrogen-bond donors (Lipinski definition) is 1. The van der Waals surface area contributed by atoms with Crippen molar-refractivity contribution in [1.29, 1.82) is 0 Å². The van der Waals surface area contributed by atoms with Crippen molar-refractivity contribution in [2.75, 3.05) is 0 Å². The Morgan fingerprint density at radius 1 is 0.941 bits per heavy atom. The number of thiophene rings is 1. The van der Waals surface area contributed by atoms with E-state index >= 15 is 0 Å². The van der Waals surface area contributed by atoms with Crippen LogP contribution in [0, 0.1) is 0 Å². The van der Waals surface area contributed by atoms with Crippen molar-refractivity contribution in [2.24, 2.45) is 0 Å². The molecule has 0 radical (unpaired) electrons. The molecule has 2 aromatic carbocycles. The highest BCUT2D eigenvalue weighted by Gasteiger charge is 2.10. The predicted octanol–water partition coefficient (Wildman–Crippen LogP) is 5.04. The molecule has 1 nitrogen and oxygen atoms in total. The molecule has 3 aromatic rings. The average molecular weight is 305 g/mol. The molecule has 0 bridgehead atoms. The maximum atomic E-state index is 9.30.